The van der Waals surface area contributed by atoms with Crippen LogP contribution in [0.1, 0.15) is 45.0 Å². The molecule has 3 atom stereocenters. The zero-order valence-corrected chi connectivity index (χ0v) is 14.0. The van der Waals surface area contributed by atoms with Crippen molar-refractivity contribution in [2.24, 2.45) is 17.6 Å². The van der Waals surface area contributed by atoms with Gasteiger partial charge in [0.25, 0.3) is 0 Å². The van der Waals surface area contributed by atoms with E-state index in [0.717, 1.165) is 42.7 Å². The molecule has 1 aliphatic carbocycles. The Morgan fingerprint density at radius 2 is 2.22 bits per heavy atom. The van der Waals surface area contributed by atoms with E-state index in [0.29, 0.717) is 12.5 Å². The summed E-state index contributed by atoms with van der Waals surface area (Å²) in [6.07, 6.45) is 3.11. The first-order chi connectivity index (χ1) is 11.2. The smallest absolute Gasteiger partial charge is 0.224 e. The number of amides is 1. The second-order valence-electron chi connectivity index (χ2n) is 6.47. The van der Waals surface area contributed by atoms with Crippen molar-refractivity contribution in [1.82, 2.24) is 14.9 Å². The Kier molecular flexibility index (Phi) is 4.66. The van der Waals surface area contributed by atoms with Crippen LogP contribution in [0.5, 0.6) is 0 Å². The summed E-state index contributed by atoms with van der Waals surface area (Å²) in [6.45, 7) is 5.55. The molecule has 0 saturated heterocycles. The highest BCUT2D eigenvalue weighted by atomic mass is 16.2. The minimum absolute atomic E-state index is 0.0573. The van der Waals surface area contributed by atoms with Crippen molar-refractivity contribution in [2.45, 2.75) is 45.7 Å². The number of aryl methyl sites for hydroxylation is 1. The molecule has 5 nitrogen and oxygen atoms in total. The topological polar surface area (TPSA) is 72.9 Å². The van der Waals surface area contributed by atoms with Crippen molar-refractivity contribution in [2.75, 3.05) is 6.54 Å². The second-order valence-corrected chi connectivity index (χ2v) is 6.47. The van der Waals surface area contributed by atoms with Crippen LogP contribution in [0, 0.1) is 11.8 Å². The number of nitrogens with zero attached hydrogens (tertiary/aromatic N) is 2. The van der Waals surface area contributed by atoms with Gasteiger partial charge in [0.05, 0.1) is 17.1 Å². The first-order valence-electron chi connectivity index (χ1n) is 8.61. The van der Waals surface area contributed by atoms with Gasteiger partial charge < -0.3 is 15.6 Å². The zero-order chi connectivity index (χ0) is 16.4. The van der Waals surface area contributed by atoms with Crippen molar-refractivity contribution in [3.05, 3.63) is 30.1 Å². The molecule has 1 fully saturated rings. The third-order valence-corrected chi connectivity index (χ3v) is 5.04. The number of aromatic nitrogens is 2. The first kappa shape index (κ1) is 16.0. The number of hydrogen-bond donors (Lipinski definition) is 2. The van der Waals surface area contributed by atoms with Gasteiger partial charge in [-0.15, -0.1) is 0 Å². The molecule has 3 N–H and O–H groups in total. The van der Waals surface area contributed by atoms with E-state index >= 15 is 0 Å². The van der Waals surface area contributed by atoms with E-state index in [1.807, 2.05) is 25.1 Å². The minimum Gasteiger partial charge on any atom is -0.346 e. The predicted octanol–water partition coefficient (Wildman–Crippen LogP) is 2.61. The Hall–Kier alpha value is -1.88. The van der Waals surface area contributed by atoms with Crippen molar-refractivity contribution in [3.63, 3.8) is 0 Å². The number of imidazole rings is 1. The molecule has 2 aromatic rings. The Morgan fingerprint density at radius 3 is 2.96 bits per heavy atom. The van der Waals surface area contributed by atoms with Crippen molar-refractivity contribution in [3.8, 4) is 0 Å². The van der Waals surface area contributed by atoms with Gasteiger partial charge >= 0.3 is 0 Å². The quantitative estimate of drug-likeness (QED) is 0.891. The summed E-state index contributed by atoms with van der Waals surface area (Å²) in [4.78, 5) is 17.3. The van der Waals surface area contributed by atoms with Gasteiger partial charge in [-0.05, 0) is 51.3 Å². The maximum Gasteiger partial charge on any atom is 0.224 e. The molecule has 0 aliphatic heterocycles. The maximum atomic E-state index is 12.6. The highest BCUT2D eigenvalue weighted by molar-refractivity contribution is 5.80. The van der Waals surface area contributed by atoms with E-state index in [4.69, 9.17) is 10.7 Å². The fourth-order valence-corrected chi connectivity index (χ4v) is 3.81. The summed E-state index contributed by atoms with van der Waals surface area (Å²) in [6, 6.07) is 8.00. The Morgan fingerprint density at radius 1 is 1.43 bits per heavy atom. The third-order valence-electron chi connectivity index (χ3n) is 5.04. The minimum atomic E-state index is -0.103. The van der Waals surface area contributed by atoms with E-state index in [1.54, 1.807) is 0 Å². The lowest BCUT2D eigenvalue weighted by Gasteiger charge is -2.21. The van der Waals surface area contributed by atoms with E-state index in [2.05, 4.69) is 22.9 Å². The van der Waals surface area contributed by atoms with Crippen LogP contribution in [-0.4, -0.2) is 22.0 Å². The lowest BCUT2D eigenvalue weighted by Crippen LogP contribution is -2.37. The average molecular weight is 314 g/mol. The maximum absolute atomic E-state index is 12.6. The molecule has 1 aromatic carbocycles. The van der Waals surface area contributed by atoms with Gasteiger partial charge in [0, 0.05) is 12.5 Å². The van der Waals surface area contributed by atoms with Crippen LogP contribution >= 0.6 is 0 Å². The fourth-order valence-electron chi connectivity index (χ4n) is 3.81. The summed E-state index contributed by atoms with van der Waals surface area (Å²) in [5.41, 5.74) is 7.90. The number of hydrogen-bond acceptors (Lipinski definition) is 3. The normalized spacial score (nSPS) is 22.4. The van der Waals surface area contributed by atoms with Gasteiger partial charge in [0.2, 0.25) is 5.91 Å². The first-order valence-corrected chi connectivity index (χ1v) is 8.61. The van der Waals surface area contributed by atoms with Crippen LogP contribution in [-0.2, 0) is 11.3 Å². The van der Waals surface area contributed by atoms with E-state index < -0.39 is 0 Å². The Bertz CT molecular complexity index is 693. The largest absolute Gasteiger partial charge is 0.346 e. The van der Waals surface area contributed by atoms with E-state index in [-0.39, 0.29) is 17.9 Å². The van der Waals surface area contributed by atoms with Gasteiger partial charge in [-0.25, -0.2) is 4.98 Å². The zero-order valence-electron chi connectivity index (χ0n) is 14.0. The van der Waals surface area contributed by atoms with Gasteiger partial charge in [-0.1, -0.05) is 18.6 Å². The number of rotatable bonds is 5. The number of nitrogens with one attached hydrogen (secondary N) is 1. The number of fused-ring (bicyclic) bond motifs is 1. The highest BCUT2D eigenvalue weighted by Crippen LogP contribution is 2.31. The molecule has 1 aromatic heterocycles. The lowest BCUT2D eigenvalue weighted by atomic mass is 9.95. The van der Waals surface area contributed by atoms with Crippen molar-refractivity contribution < 1.29 is 4.79 Å². The second kappa shape index (κ2) is 6.71. The van der Waals surface area contributed by atoms with Gasteiger partial charge in [-0.2, -0.15) is 0 Å². The number of nitrogens with two attached hydrogens (primary N) is 1. The molecular formula is C18H26N4O. The molecule has 23 heavy (non-hydrogen) atoms. The number of carbonyl (C=O) groups is 1. The molecule has 124 valence electrons. The standard InChI is InChI=1S/C18H26N4O/c1-3-22-16-10-5-4-9-15(16)21-17(22)12(2)20-18(23)14-8-6-7-13(14)11-19/h4-5,9-10,12-14H,3,6-8,11,19H2,1-2H3,(H,20,23)/t12?,13-,14-/m1/s1. The summed E-state index contributed by atoms with van der Waals surface area (Å²) in [5, 5.41) is 3.16. The molecule has 5 heteroatoms. The molecule has 1 saturated carbocycles. The van der Waals surface area contributed by atoms with Crippen LogP contribution in [0.4, 0.5) is 0 Å². The lowest BCUT2D eigenvalue weighted by molar-refractivity contribution is -0.126. The molecule has 3 rings (SSSR count). The summed E-state index contributed by atoms with van der Waals surface area (Å²) >= 11 is 0. The fraction of sp³-hybridized carbons (Fsp3) is 0.556. The number of carbonyl (C=O) groups excluding carboxylic acids is 1. The molecular weight excluding hydrogens is 288 g/mol. The van der Waals surface area contributed by atoms with Crippen molar-refractivity contribution >= 4 is 16.9 Å². The van der Waals surface area contributed by atoms with Gasteiger partial charge in [0.15, 0.2) is 0 Å². The van der Waals surface area contributed by atoms with Crippen LogP contribution in [0.15, 0.2) is 24.3 Å². The van der Waals surface area contributed by atoms with Gasteiger partial charge in [-0.3, -0.25) is 4.79 Å². The Balaban J connectivity index is 1.80. The monoisotopic (exact) mass is 314 g/mol. The van der Waals surface area contributed by atoms with Crippen molar-refractivity contribution in [1.29, 1.82) is 0 Å². The molecule has 1 unspecified atom stereocenters. The van der Waals surface area contributed by atoms with Crippen LogP contribution < -0.4 is 11.1 Å². The molecule has 1 amide bonds. The molecule has 0 radical (unpaired) electrons. The molecule has 1 aliphatic rings. The SMILES string of the molecule is CCn1c(C(C)NC(=O)[C@@H]2CCC[C@@H]2CN)nc2ccccc21. The summed E-state index contributed by atoms with van der Waals surface area (Å²) in [7, 11) is 0. The predicted molar refractivity (Wildman–Crippen MR) is 91.9 cm³/mol. The van der Waals surface area contributed by atoms with Crippen LogP contribution in [0.3, 0.4) is 0 Å². The highest BCUT2D eigenvalue weighted by Gasteiger charge is 2.33. The van der Waals surface area contributed by atoms with Crippen LogP contribution in [0.2, 0.25) is 0 Å². The van der Waals surface area contributed by atoms with E-state index in [9.17, 15) is 4.79 Å². The van der Waals surface area contributed by atoms with Crippen LogP contribution in [0.25, 0.3) is 11.0 Å². The van der Waals surface area contributed by atoms with Gasteiger partial charge in [0.1, 0.15) is 5.82 Å². The average Bonchev–Trinajstić information content (AvgIpc) is 3.18. The Labute approximate surface area is 137 Å². The third kappa shape index (κ3) is 2.98. The summed E-state index contributed by atoms with van der Waals surface area (Å²) < 4.78 is 2.18. The molecule has 1 heterocycles. The number of para-hydroxylation sites is 2. The summed E-state index contributed by atoms with van der Waals surface area (Å²) in [5.74, 6) is 1.43. The molecule has 0 spiro atoms. The number of benzene rings is 1. The molecule has 0 bridgehead atoms. The van der Waals surface area contributed by atoms with E-state index in [1.165, 1.54) is 0 Å².